The molecule has 0 radical (unpaired) electrons. The lowest BCUT2D eigenvalue weighted by Gasteiger charge is -2.27. The molecule has 2 rings (SSSR count). The number of aryl methyl sites for hydroxylation is 1. The second kappa shape index (κ2) is 7.14. The molecule has 1 aromatic carbocycles. The highest BCUT2D eigenvalue weighted by atomic mass is 19.1. The molecule has 0 aliphatic carbocycles. The van der Waals surface area contributed by atoms with Crippen LogP contribution in [0.5, 0.6) is 0 Å². The molecule has 0 spiro atoms. The monoisotopic (exact) mass is 282 g/mol. The van der Waals surface area contributed by atoms with Gasteiger partial charge >= 0.3 is 0 Å². The Bertz CT molecular complexity index is 442. The Morgan fingerprint density at radius 3 is 2.55 bits per heavy atom. The van der Waals surface area contributed by atoms with Gasteiger partial charge in [0.1, 0.15) is 11.6 Å². The molecule has 1 heterocycles. The fraction of sp³-hybridized carbons (Fsp3) is 0.625. The zero-order valence-electron chi connectivity index (χ0n) is 12.4. The van der Waals surface area contributed by atoms with Crippen molar-refractivity contribution in [3.63, 3.8) is 0 Å². The van der Waals surface area contributed by atoms with Gasteiger partial charge in [-0.2, -0.15) is 0 Å². The summed E-state index contributed by atoms with van der Waals surface area (Å²) in [5.74, 6) is -0.673. The van der Waals surface area contributed by atoms with Crippen LogP contribution in [0.2, 0.25) is 0 Å². The summed E-state index contributed by atoms with van der Waals surface area (Å²) in [6, 6.07) is 2.41. The average molecular weight is 282 g/mol. The fourth-order valence-electron chi connectivity index (χ4n) is 2.73. The van der Waals surface area contributed by atoms with E-state index in [9.17, 15) is 8.78 Å². The van der Waals surface area contributed by atoms with Crippen molar-refractivity contribution < 1.29 is 8.78 Å². The molecule has 1 fully saturated rings. The van der Waals surface area contributed by atoms with E-state index in [4.69, 9.17) is 0 Å². The van der Waals surface area contributed by atoms with Crippen LogP contribution >= 0.6 is 0 Å². The van der Waals surface area contributed by atoms with Crippen LogP contribution in [0.3, 0.4) is 0 Å². The van der Waals surface area contributed by atoms with Gasteiger partial charge in [0.05, 0.1) is 0 Å². The van der Waals surface area contributed by atoms with E-state index in [0.717, 1.165) is 26.2 Å². The maximum absolute atomic E-state index is 13.8. The molecule has 0 saturated carbocycles. The Morgan fingerprint density at radius 1 is 1.15 bits per heavy atom. The molecule has 0 aromatic heterocycles. The Morgan fingerprint density at radius 2 is 1.85 bits per heavy atom. The minimum Gasteiger partial charge on any atom is -0.309 e. The maximum Gasteiger partial charge on any atom is 0.128 e. The third-order valence-corrected chi connectivity index (χ3v) is 4.07. The van der Waals surface area contributed by atoms with Crippen molar-refractivity contribution in [3.8, 4) is 0 Å². The number of hydrogen-bond acceptors (Lipinski definition) is 2. The molecule has 1 aliphatic heterocycles. The van der Waals surface area contributed by atoms with Crippen LogP contribution in [-0.4, -0.2) is 31.1 Å². The molecular weight excluding hydrogens is 258 g/mol. The van der Waals surface area contributed by atoms with Crippen molar-refractivity contribution in [2.24, 2.45) is 0 Å². The number of nitrogens with zero attached hydrogens (tertiary/aromatic N) is 1. The summed E-state index contributed by atoms with van der Waals surface area (Å²) in [5.41, 5.74) is 0.763. The second-order valence-electron chi connectivity index (χ2n) is 5.70. The predicted molar refractivity (Wildman–Crippen MR) is 77.8 cm³/mol. The van der Waals surface area contributed by atoms with Crippen LogP contribution in [-0.2, 0) is 0 Å². The maximum atomic E-state index is 13.8. The van der Waals surface area contributed by atoms with E-state index >= 15 is 0 Å². The first-order valence-electron chi connectivity index (χ1n) is 7.49. The molecule has 4 heteroatoms. The Hall–Kier alpha value is -1.00. The van der Waals surface area contributed by atoms with Crippen molar-refractivity contribution in [2.75, 3.05) is 26.2 Å². The van der Waals surface area contributed by atoms with E-state index in [2.05, 4.69) is 10.2 Å². The van der Waals surface area contributed by atoms with Crippen LogP contribution < -0.4 is 5.32 Å². The summed E-state index contributed by atoms with van der Waals surface area (Å²) in [6.45, 7) is 7.55. The third kappa shape index (κ3) is 4.00. The summed E-state index contributed by atoms with van der Waals surface area (Å²) < 4.78 is 27.4. The van der Waals surface area contributed by atoms with Crippen LogP contribution in [0.1, 0.15) is 43.4 Å². The van der Waals surface area contributed by atoms with Crippen LogP contribution in [0.4, 0.5) is 8.78 Å². The first-order chi connectivity index (χ1) is 9.58. The number of piperidine rings is 1. The van der Waals surface area contributed by atoms with Gasteiger partial charge in [-0.15, -0.1) is 0 Å². The minimum atomic E-state index is -0.342. The predicted octanol–water partition coefficient (Wildman–Crippen LogP) is 3.41. The normalized spacial score (nSPS) is 18.2. The van der Waals surface area contributed by atoms with Gasteiger partial charge in [0.15, 0.2) is 0 Å². The van der Waals surface area contributed by atoms with Crippen molar-refractivity contribution in [3.05, 3.63) is 34.9 Å². The summed E-state index contributed by atoms with van der Waals surface area (Å²) in [5, 5.41) is 3.29. The van der Waals surface area contributed by atoms with Gasteiger partial charge in [-0.25, -0.2) is 8.78 Å². The third-order valence-electron chi connectivity index (χ3n) is 4.07. The SMILES string of the molecule is Cc1cc(F)c(C(C)NCCN2CCCCC2)cc1F. The van der Waals surface area contributed by atoms with Gasteiger partial charge in [-0.1, -0.05) is 6.42 Å². The smallest absolute Gasteiger partial charge is 0.128 e. The number of halogens is 2. The number of likely N-dealkylation sites (tertiary alicyclic amines) is 1. The van der Waals surface area contributed by atoms with Gasteiger partial charge in [0.2, 0.25) is 0 Å². The second-order valence-corrected chi connectivity index (χ2v) is 5.70. The van der Waals surface area contributed by atoms with Crippen molar-refractivity contribution in [1.29, 1.82) is 0 Å². The fourth-order valence-corrected chi connectivity index (χ4v) is 2.73. The Kier molecular flexibility index (Phi) is 5.49. The Labute approximate surface area is 120 Å². The summed E-state index contributed by atoms with van der Waals surface area (Å²) in [6.07, 6.45) is 3.87. The first kappa shape index (κ1) is 15.4. The van der Waals surface area contributed by atoms with E-state index in [1.165, 1.54) is 31.4 Å². The highest BCUT2D eigenvalue weighted by Gasteiger charge is 2.14. The molecule has 1 aliphatic rings. The molecule has 20 heavy (non-hydrogen) atoms. The highest BCUT2D eigenvalue weighted by Crippen LogP contribution is 2.20. The van der Waals surface area contributed by atoms with Crippen LogP contribution in [0, 0.1) is 18.6 Å². The lowest BCUT2D eigenvalue weighted by molar-refractivity contribution is 0.226. The highest BCUT2D eigenvalue weighted by molar-refractivity contribution is 5.27. The van der Waals surface area contributed by atoms with Crippen molar-refractivity contribution in [1.82, 2.24) is 10.2 Å². The van der Waals surface area contributed by atoms with Crippen LogP contribution in [0.25, 0.3) is 0 Å². The van der Waals surface area contributed by atoms with Gasteiger partial charge in [0, 0.05) is 24.7 Å². The lowest BCUT2D eigenvalue weighted by Crippen LogP contribution is -2.36. The summed E-state index contributed by atoms with van der Waals surface area (Å²) in [7, 11) is 0. The van der Waals surface area contributed by atoms with E-state index in [1.807, 2.05) is 6.92 Å². The standard InChI is InChI=1S/C16H24F2N2/c1-12-10-16(18)14(11-15(12)17)13(2)19-6-9-20-7-4-3-5-8-20/h10-11,13,19H,3-9H2,1-2H3. The average Bonchev–Trinajstić information content (AvgIpc) is 2.44. The van der Waals surface area contributed by atoms with E-state index in [-0.39, 0.29) is 17.7 Å². The van der Waals surface area contributed by atoms with Gasteiger partial charge in [0.25, 0.3) is 0 Å². The number of rotatable bonds is 5. The molecule has 0 bridgehead atoms. The molecule has 112 valence electrons. The number of benzene rings is 1. The lowest BCUT2D eigenvalue weighted by atomic mass is 10.0. The zero-order valence-corrected chi connectivity index (χ0v) is 12.4. The van der Waals surface area contributed by atoms with Crippen LogP contribution in [0.15, 0.2) is 12.1 Å². The topological polar surface area (TPSA) is 15.3 Å². The number of hydrogen-bond donors (Lipinski definition) is 1. The quantitative estimate of drug-likeness (QED) is 0.890. The van der Waals surface area contributed by atoms with Gasteiger partial charge in [-0.05, 0) is 57.5 Å². The van der Waals surface area contributed by atoms with Crippen molar-refractivity contribution >= 4 is 0 Å². The van der Waals surface area contributed by atoms with E-state index in [1.54, 1.807) is 6.92 Å². The van der Waals surface area contributed by atoms with E-state index in [0.29, 0.717) is 11.1 Å². The first-order valence-corrected chi connectivity index (χ1v) is 7.49. The van der Waals surface area contributed by atoms with E-state index < -0.39 is 0 Å². The molecule has 1 unspecified atom stereocenters. The summed E-state index contributed by atoms with van der Waals surface area (Å²) in [4.78, 5) is 2.43. The molecule has 1 saturated heterocycles. The van der Waals surface area contributed by atoms with Gasteiger partial charge in [-0.3, -0.25) is 0 Å². The molecule has 1 aromatic rings. The molecule has 2 nitrogen and oxygen atoms in total. The molecule has 1 N–H and O–H groups in total. The van der Waals surface area contributed by atoms with Gasteiger partial charge < -0.3 is 10.2 Å². The van der Waals surface area contributed by atoms with Crippen molar-refractivity contribution in [2.45, 2.75) is 39.2 Å². The number of nitrogens with one attached hydrogen (secondary N) is 1. The zero-order chi connectivity index (χ0) is 14.5. The molecule has 1 atom stereocenters. The largest absolute Gasteiger partial charge is 0.309 e. The Balaban J connectivity index is 1.85. The molecular formula is C16H24F2N2. The summed E-state index contributed by atoms with van der Waals surface area (Å²) >= 11 is 0. The minimum absolute atomic E-state index is 0.171. The molecule has 0 amide bonds.